The summed E-state index contributed by atoms with van der Waals surface area (Å²) in [7, 11) is 1.58. The van der Waals surface area contributed by atoms with Crippen LogP contribution in [0, 0.1) is 0 Å². The van der Waals surface area contributed by atoms with E-state index in [0.29, 0.717) is 11.3 Å². The van der Waals surface area contributed by atoms with Crippen molar-refractivity contribution in [3.05, 3.63) is 64.1 Å². The van der Waals surface area contributed by atoms with Crippen molar-refractivity contribution in [1.29, 1.82) is 0 Å². The molecule has 29 heavy (non-hydrogen) atoms. The zero-order chi connectivity index (χ0) is 21.2. The monoisotopic (exact) mass is 462 g/mol. The van der Waals surface area contributed by atoms with Gasteiger partial charge in [0.1, 0.15) is 18.8 Å². The van der Waals surface area contributed by atoms with E-state index in [1.807, 2.05) is 12.1 Å². The van der Waals surface area contributed by atoms with E-state index in [2.05, 4.69) is 21.2 Å². The predicted octanol–water partition coefficient (Wildman–Crippen LogP) is 2.78. The Morgan fingerprint density at radius 3 is 2.28 bits per heavy atom. The number of benzene rings is 2. The predicted molar refractivity (Wildman–Crippen MR) is 112 cm³/mol. The standard InChI is InChI=1S/C21H23BrN2O5/c1-3-29-20(26)12-23-19(25)14-24(13-15-4-10-18(28-2)11-5-15)21(27)16-6-8-17(22)9-7-16/h4-11H,3,12-14H2,1-2H3,(H,23,25). The Morgan fingerprint density at radius 1 is 1.03 bits per heavy atom. The maximum atomic E-state index is 13.0. The second-order valence-electron chi connectivity index (χ2n) is 6.10. The van der Waals surface area contributed by atoms with Crippen molar-refractivity contribution in [3.63, 3.8) is 0 Å². The highest BCUT2D eigenvalue weighted by Crippen LogP contribution is 2.16. The lowest BCUT2D eigenvalue weighted by molar-refractivity contribution is -0.143. The molecule has 154 valence electrons. The first kappa shape index (κ1) is 22.4. The number of hydrogen-bond donors (Lipinski definition) is 1. The van der Waals surface area contributed by atoms with Crippen LogP contribution in [-0.4, -0.2) is 49.5 Å². The number of methoxy groups -OCH3 is 1. The van der Waals surface area contributed by atoms with Gasteiger partial charge >= 0.3 is 5.97 Å². The lowest BCUT2D eigenvalue weighted by Gasteiger charge is -2.22. The molecule has 0 bridgehead atoms. The van der Waals surface area contributed by atoms with E-state index in [1.54, 1.807) is 50.4 Å². The van der Waals surface area contributed by atoms with Gasteiger partial charge < -0.3 is 19.7 Å². The van der Waals surface area contributed by atoms with Gasteiger partial charge in [-0.3, -0.25) is 14.4 Å². The minimum Gasteiger partial charge on any atom is -0.497 e. The molecule has 2 amide bonds. The molecule has 0 aliphatic heterocycles. The van der Waals surface area contributed by atoms with Gasteiger partial charge in [0, 0.05) is 16.6 Å². The van der Waals surface area contributed by atoms with Crippen LogP contribution in [0.3, 0.4) is 0 Å². The van der Waals surface area contributed by atoms with Crippen LogP contribution >= 0.6 is 15.9 Å². The number of rotatable bonds is 9. The molecule has 0 radical (unpaired) electrons. The molecule has 0 spiro atoms. The quantitative estimate of drug-likeness (QED) is 0.579. The van der Waals surface area contributed by atoms with E-state index in [4.69, 9.17) is 9.47 Å². The van der Waals surface area contributed by atoms with Gasteiger partial charge in [0.05, 0.1) is 13.7 Å². The zero-order valence-corrected chi connectivity index (χ0v) is 17.9. The Morgan fingerprint density at radius 2 is 1.69 bits per heavy atom. The number of nitrogens with one attached hydrogen (secondary N) is 1. The van der Waals surface area contributed by atoms with Crippen LogP contribution in [0.2, 0.25) is 0 Å². The van der Waals surface area contributed by atoms with Crippen molar-refractivity contribution in [2.24, 2.45) is 0 Å². The summed E-state index contributed by atoms with van der Waals surface area (Å²) in [5, 5.41) is 2.48. The second kappa shape index (κ2) is 11.2. The van der Waals surface area contributed by atoms with Gasteiger partial charge in [0.2, 0.25) is 5.91 Å². The van der Waals surface area contributed by atoms with E-state index in [-0.39, 0.29) is 32.1 Å². The molecule has 0 aromatic heterocycles. The Bertz CT molecular complexity index is 837. The molecule has 0 aliphatic rings. The van der Waals surface area contributed by atoms with E-state index >= 15 is 0 Å². The largest absolute Gasteiger partial charge is 0.497 e. The van der Waals surface area contributed by atoms with Crippen LogP contribution < -0.4 is 10.1 Å². The zero-order valence-electron chi connectivity index (χ0n) is 16.3. The van der Waals surface area contributed by atoms with Crippen LogP contribution in [0.5, 0.6) is 5.75 Å². The Labute approximate surface area is 178 Å². The van der Waals surface area contributed by atoms with Crippen LogP contribution in [-0.2, 0) is 20.9 Å². The van der Waals surface area contributed by atoms with Crippen LogP contribution in [0.15, 0.2) is 53.0 Å². The maximum absolute atomic E-state index is 13.0. The fourth-order valence-electron chi connectivity index (χ4n) is 2.54. The number of hydrogen-bond acceptors (Lipinski definition) is 5. The minimum atomic E-state index is -0.526. The average Bonchev–Trinajstić information content (AvgIpc) is 2.72. The van der Waals surface area contributed by atoms with Crippen LogP contribution in [0.4, 0.5) is 0 Å². The molecule has 2 aromatic rings. The van der Waals surface area contributed by atoms with Crippen molar-refractivity contribution in [1.82, 2.24) is 10.2 Å². The highest BCUT2D eigenvalue weighted by molar-refractivity contribution is 9.10. The maximum Gasteiger partial charge on any atom is 0.325 e. The molecular weight excluding hydrogens is 440 g/mol. The third-order valence-electron chi connectivity index (χ3n) is 3.98. The fraction of sp³-hybridized carbons (Fsp3) is 0.286. The van der Waals surface area contributed by atoms with E-state index in [9.17, 15) is 14.4 Å². The smallest absolute Gasteiger partial charge is 0.325 e. The van der Waals surface area contributed by atoms with Crippen molar-refractivity contribution in [2.75, 3.05) is 26.8 Å². The molecule has 0 aliphatic carbocycles. The Hall–Kier alpha value is -2.87. The molecule has 0 saturated heterocycles. The summed E-state index contributed by atoms with van der Waals surface area (Å²) in [4.78, 5) is 38.1. The molecule has 8 heteroatoms. The van der Waals surface area contributed by atoms with Gasteiger partial charge in [-0.2, -0.15) is 0 Å². The summed E-state index contributed by atoms with van der Waals surface area (Å²) in [5.41, 5.74) is 1.30. The molecule has 7 nitrogen and oxygen atoms in total. The first-order valence-corrected chi connectivity index (χ1v) is 9.82. The number of nitrogens with zero attached hydrogens (tertiary/aromatic N) is 1. The van der Waals surface area contributed by atoms with Gasteiger partial charge in [-0.25, -0.2) is 0 Å². The highest BCUT2D eigenvalue weighted by atomic mass is 79.9. The van der Waals surface area contributed by atoms with Gasteiger partial charge in [-0.05, 0) is 48.9 Å². The van der Waals surface area contributed by atoms with Gasteiger partial charge in [0.25, 0.3) is 5.91 Å². The summed E-state index contributed by atoms with van der Waals surface area (Å²) in [6, 6.07) is 14.1. The summed E-state index contributed by atoms with van der Waals surface area (Å²) in [6.45, 7) is 1.72. The number of ether oxygens (including phenoxy) is 2. The fourth-order valence-corrected chi connectivity index (χ4v) is 2.80. The van der Waals surface area contributed by atoms with Gasteiger partial charge in [-0.1, -0.05) is 28.1 Å². The minimum absolute atomic E-state index is 0.194. The number of carbonyl (C=O) groups is 3. The van der Waals surface area contributed by atoms with Crippen LogP contribution in [0.1, 0.15) is 22.8 Å². The Kier molecular flexibility index (Phi) is 8.67. The molecular formula is C21H23BrN2O5. The molecule has 0 heterocycles. The summed E-state index contributed by atoms with van der Waals surface area (Å²) < 4.78 is 10.8. The third-order valence-corrected chi connectivity index (χ3v) is 4.51. The molecule has 0 saturated carbocycles. The SMILES string of the molecule is CCOC(=O)CNC(=O)CN(Cc1ccc(OC)cc1)C(=O)c1ccc(Br)cc1. The lowest BCUT2D eigenvalue weighted by Crippen LogP contribution is -2.42. The molecule has 2 rings (SSSR count). The van der Waals surface area contributed by atoms with Gasteiger partial charge in [0.15, 0.2) is 0 Å². The first-order chi connectivity index (χ1) is 13.9. The van der Waals surface area contributed by atoms with E-state index in [0.717, 1.165) is 10.0 Å². The number of amides is 2. The molecule has 0 atom stereocenters. The first-order valence-electron chi connectivity index (χ1n) is 9.03. The van der Waals surface area contributed by atoms with Gasteiger partial charge in [-0.15, -0.1) is 0 Å². The number of esters is 1. The molecule has 2 aromatic carbocycles. The Balaban J connectivity index is 2.12. The molecule has 1 N–H and O–H groups in total. The number of halogens is 1. The normalized spacial score (nSPS) is 10.2. The van der Waals surface area contributed by atoms with E-state index < -0.39 is 11.9 Å². The highest BCUT2D eigenvalue weighted by Gasteiger charge is 2.20. The van der Waals surface area contributed by atoms with Crippen LogP contribution in [0.25, 0.3) is 0 Å². The summed E-state index contributed by atoms with van der Waals surface area (Å²) in [5.74, 6) is -0.565. The lowest BCUT2D eigenvalue weighted by atomic mass is 10.1. The summed E-state index contributed by atoms with van der Waals surface area (Å²) >= 11 is 3.34. The third kappa shape index (κ3) is 7.23. The summed E-state index contributed by atoms with van der Waals surface area (Å²) in [6.07, 6.45) is 0. The van der Waals surface area contributed by atoms with E-state index in [1.165, 1.54) is 4.90 Å². The van der Waals surface area contributed by atoms with Crippen molar-refractivity contribution in [2.45, 2.75) is 13.5 Å². The molecule has 0 fully saturated rings. The molecule has 0 unspecified atom stereocenters. The van der Waals surface area contributed by atoms with Crippen molar-refractivity contribution >= 4 is 33.7 Å². The average molecular weight is 463 g/mol. The topological polar surface area (TPSA) is 84.9 Å². The second-order valence-corrected chi connectivity index (χ2v) is 7.01. The number of carbonyl (C=O) groups excluding carboxylic acids is 3. The van der Waals surface area contributed by atoms with Crippen molar-refractivity contribution in [3.8, 4) is 5.75 Å². The van der Waals surface area contributed by atoms with Crippen molar-refractivity contribution < 1.29 is 23.9 Å².